The summed E-state index contributed by atoms with van der Waals surface area (Å²) in [5, 5.41) is 24.6. The first-order valence-corrected chi connectivity index (χ1v) is 20.7. The molecule has 3 N–H and O–H groups in total. The number of aliphatic hydroxyl groups is 1. The Balaban J connectivity index is 1.75. The number of aromatic hydroxyl groups is 1. The summed E-state index contributed by atoms with van der Waals surface area (Å²) >= 11 is 0. The second kappa shape index (κ2) is 16.7. The van der Waals surface area contributed by atoms with Crippen molar-refractivity contribution >= 4 is 24.4 Å². The van der Waals surface area contributed by atoms with Crippen LogP contribution in [0.5, 0.6) is 11.6 Å². The van der Waals surface area contributed by atoms with Gasteiger partial charge in [0.2, 0.25) is 15.9 Å². The Kier molecular flexibility index (Phi) is 13.3. The fourth-order valence-electron chi connectivity index (χ4n) is 6.33. The molecule has 1 amide bonds. The molecule has 0 bridgehead atoms. The van der Waals surface area contributed by atoms with Crippen LogP contribution in [0, 0.1) is 11.8 Å². The number of aromatic nitrogens is 1. The van der Waals surface area contributed by atoms with Gasteiger partial charge in [0.15, 0.2) is 14.6 Å². The Morgan fingerprint density at radius 2 is 1.77 bits per heavy atom. The number of carbonyl (C=O) groups excluding carboxylic acids is 1. The van der Waals surface area contributed by atoms with Crippen LogP contribution in [0.15, 0.2) is 47.5 Å². The van der Waals surface area contributed by atoms with Gasteiger partial charge < -0.3 is 38.9 Å². The number of alkyl carbamates (subject to hydrolysis) is 1. The number of aliphatic hydroxyl groups excluding tert-OH is 1. The maximum atomic E-state index is 14.2. The molecule has 0 radical (unpaired) electrons. The summed E-state index contributed by atoms with van der Waals surface area (Å²) in [6.45, 7) is 10.7. The first-order chi connectivity index (χ1) is 22.9. The lowest BCUT2D eigenvalue weighted by Gasteiger charge is -2.41. The Morgan fingerprint density at radius 3 is 2.35 bits per heavy atom. The number of carbonyl (C=O) groups is 1. The van der Waals surface area contributed by atoms with Gasteiger partial charge in [-0.15, -0.1) is 0 Å². The van der Waals surface area contributed by atoms with Crippen LogP contribution in [0.25, 0.3) is 0 Å². The second-order valence-corrected chi connectivity index (χ2v) is 19.5. The average Bonchev–Trinajstić information content (AvgIpc) is 3.70. The topological polar surface area (TPSA) is 166 Å². The molecule has 2 fully saturated rings. The van der Waals surface area contributed by atoms with Crippen molar-refractivity contribution in [2.75, 3.05) is 33.4 Å². The minimum atomic E-state index is -4.07. The van der Waals surface area contributed by atoms with E-state index in [2.05, 4.69) is 10.3 Å². The highest BCUT2D eigenvalue weighted by molar-refractivity contribution is 7.89. The molecule has 13 nitrogen and oxygen atoms in total. The number of nitrogens with one attached hydrogen (secondary N) is 1. The lowest BCUT2D eigenvalue weighted by molar-refractivity contribution is -0.0907. The summed E-state index contributed by atoms with van der Waals surface area (Å²) in [4.78, 5) is 17.6. The van der Waals surface area contributed by atoms with Crippen molar-refractivity contribution in [1.82, 2.24) is 14.6 Å². The molecule has 268 valence electrons. The lowest BCUT2D eigenvalue weighted by Crippen LogP contribution is -2.57. The van der Waals surface area contributed by atoms with E-state index in [0.29, 0.717) is 24.3 Å². The van der Waals surface area contributed by atoms with Gasteiger partial charge in [-0.1, -0.05) is 34.6 Å². The molecule has 3 heterocycles. The lowest BCUT2D eigenvalue weighted by atomic mass is 9.98. The molecule has 2 saturated heterocycles. The standard InChI is InChI=1S/C33H51N3O10SSi/c1-7-48(8-2,9-3)46-27(20-36(19-22(4)5)47(40,41)25-13-11-24(42-6)12-14-25)30(31(38)23-10-15-29(37)34-18-23)35-33(39)45-28-21-44-32-26(28)16-17-43-32/h10-15,18,22,26-28,30-32,38H,7-9,16-17,19-21H2,1-6H3,(H,34,37)(H,35,39)/t26-,27+,28-,30+,31?,32+/m0/s1. The quantitative estimate of drug-likeness (QED) is 0.199. The molecule has 2 aliphatic heterocycles. The Bertz CT molecular complexity index is 1420. The number of hydrogen-bond donors (Lipinski definition) is 3. The van der Waals surface area contributed by atoms with Crippen LogP contribution in [0.4, 0.5) is 4.79 Å². The average molecular weight is 710 g/mol. The van der Waals surface area contributed by atoms with Crippen LogP contribution < -0.4 is 10.1 Å². The molecule has 48 heavy (non-hydrogen) atoms. The number of fused-ring (bicyclic) bond motifs is 1. The molecule has 2 aromatic rings. The number of hydrogen-bond acceptors (Lipinski definition) is 11. The maximum absolute atomic E-state index is 14.2. The Morgan fingerprint density at radius 1 is 1.08 bits per heavy atom. The van der Waals surface area contributed by atoms with Gasteiger partial charge in [0.1, 0.15) is 18.0 Å². The molecule has 2 aliphatic rings. The molecule has 1 unspecified atom stereocenters. The summed E-state index contributed by atoms with van der Waals surface area (Å²) in [5.41, 5.74) is 0.297. The number of methoxy groups -OCH3 is 1. The van der Waals surface area contributed by atoms with Crippen molar-refractivity contribution in [2.24, 2.45) is 11.8 Å². The van der Waals surface area contributed by atoms with Crippen molar-refractivity contribution in [3.63, 3.8) is 0 Å². The number of sulfonamides is 1. The SMILES string of the molecule is CC[Si](CC)(CC)O[C@H](CN(CC(C)C)S(=O)(=O)c1ccc(OC)cc1)[C@@H](NC(=O)O[C@H]1CO[C@H]2OCC[C@H]21)C(O)c1ccc(O)nc1. The van der Waals surface area contributed by atoms with E-state index >= 15 is 0 Å². The van der Waals surface area contributed by atoms with Gasteiger partial charge in [-0.2, -0.15) is 4.31 Å². The molecule has 0 spiro atoms. The fourth-order valence-corrected chi connectivity index (χ4v) is 10.8. The zero-order valence-corrected chi connectivity index (χ0v) is 30.5. The zero-order chi connectivity index (χ0) is 35.1. The third-order valence-corrected chi connectivity index (χ3v) is 15.9. The third kappa shape index (κ3) is 9.05. The first kappa shape index (κ1) is 38.0. The number of rotatable bonds is 17. The maximum Gasteiger partial charge on any atom is 0.407 e. The summed E-state index contributed by atoms with van der Waals surface area (Å²) in [7, 11) is -5.05. The number of benzene rings is 1. The van der Waals surface area contributed by atoms with E-state index in [0.717, 1.165) is 18.1 Å². The van der Waals surface area contributed by atoms with Gasteiger partial charge in [0.25, 0.3) is 0 Å². The van der Waals surface area contributed by atoms with Crippen LogP contribution in [0.3, 0.4) is 0 Å². The molecule has 1 aromatic carbocycles. The summed E-state index contributed by atoms with van der Waals surface area (Å²) in [5.74, 6) is 0.117. The van der Waals surface area contributed by atoms with E-state index < -0.39 is 55.1 Å². The van der Waals surface area contributed by atoms with E-state index in [9.17, 15) is 23.4 Å². The monoisotopic (exact) mass is 709 g/mol. The second-order valence-electron chi connectivity index (χ2n) is 12.8. The van der Waals surface area contributed by atoms with Crippen LogP contribution in [-0.2, 0) is 28.7 Å². The van der Waals surface area contributed by atoms with Crippen molar-refractivity contribution in [3.8, 4) is 11.6 Å². The number of amides is 1. The molecule has 4 rings (SSSR count). The highest BCUT2D eigenvalue weighted by Gasteiger charge is 2.45. The summed E-state index contributed by atoms with van der Waals surface area (Å²) in [6.07, 6.45) is -2.18. The summed E-state index contributed by atoms with van der Waals surface area (Å²) in [6, 6.07) is 10.1. The van der Waals surface area contributed by atoms with Gasteiger partial charge in [-0.3, -0.25) is 0 Å². The molecule has 0 saturated carbocycles. The van der Waals surface area contributed by atoms with Crippen LogP contribution in [-0.4, -0.2) is 100 Å². The largest absolute Gasteiger partial charge is 0.497 e. The molecule has 6 atom stereocenters. The number of pyridine rings is 1. The molecule has 15 heteroatoms. The fraction of sp³-hybridized carbons (Fsp3) is 0.636. The summed E-state index contributed by atoms with van der Waals surface area (Å²) < 4.78 is 59.1. The molecule has 1 aromatic heterocycles. The van der Waals surface area contributed by atoms with E-state index in [-0.39, 0.29) is 42.3 Å². The van der Waals surface area contributed by atoms with Gasteiger partial charge in [-0.25, -0.2) is 18.2 Å². The minimum absolute atomic E-state index is 0.0595. The van der Waals surface area contributed by atoms with E-state index in [1.54, 1.807) is 12.1 Å². The Hall–Kier alpha value is -2.79. The van der Waals surface area contributed by atoms with Crippen molar-refractivity contribution in [2.45, 2.75) is 94.7 Å². The molecular weight excluding hydrogens is 659 g/mol. The van der Waals surface area contributed by atoms with E-state index in [1.165, 1.54) is 41.9 Å². The van der Waals surface area contributed by atoms with Crippen LogP contribution in [0.1, 0.15) is 52.7 Å². The van der Waals surface area contributed by atoms with Gasteiger partial charge in [0.05, 0.1) is 43.3 Å². The van der Waals surface area contributed by atoms with Crippen molar-refractivity contribution in [3.05, 3.63) is 48.2 Å². The van der Waals surface area contributed by atoms with Gasteiger partial charge >= 0.3 is 6.09 Å². The minimum Gasteiger partial charge on any atom is -0.497 e. The zero-order valence-electron chi connectivity index (χ0n) is 28.7. The molecular formula is C33H51N3O10SSi. The highest BCUT2D eigenvalue weighted by atomic mass is 32.2. The third-order valence-electron chi connectivity index (χ3n) is 9.37. The van der Waals surface area contributed by atoms with Gasteiger partial charge in [-0.05, 0) is 60.8 Å². The first-order valence-electron chi connectivity index (χ1n) is 16.7. The molecule has 0 aliphatic carbocycles. The Labute approximate surface area is 285 Å². The van der Waals surface area contributed by atoms with Crippen molar-refractivity contribution < 1.29 is 46.8 Å². The van der Waals surface area contributed by atoms with E-state index in [1.807, 2.05) is 34.6 Å². The van der Waals surface area contributed by atoms with Crippen molar-refractivity contribution in [1.29, 1.82) is 0 Å². The number of nitrogens with zero attached hydrogens (tertiary/aromatic N) is 2. The van der Waals surface area contributed by atoms with Crippen LogP contribution in [0.2, 0.25) is 18.1 Å². The van der Waals surface area contributed by atoms with E-state index in [4.69, 9.17) is 23.4 Å². The highest BCUT2D eigenvalue weighted by Crippen LogP contribution is 2.34. The smallest absolute Gasteiger partial charge is 0.407 e. The predicted octanol–water partition coefficient (Wildman–Crippen LogP) is 4.42. The normalized spacial score (nSPS) is 21.6. The van der Waals surface area contributed by atoms with Gasteiger partial charge in [0, 0.05) is 30.9 Å². The van der Waals surface area contributed by atoms with Crippen LogP contribution >= 0.6 is 0 Å². The predicted molar refractivity (Wildman–Crippen MR) is 181 cm³/mol. The number of ether oxygens (including phenoxy) is 4.